The number of pyridine rings is 1. The first-order valence-corrected chi connectivity index (χ1v) is 13.2. The predicted octanol–water partition coefficient (Wildman–Crippen LogP) is 5.43. The van der Waals surface area contributed by atoms with Gasteiger partial charge in [0.05, 0.1) is 16.7 Å². The summed E-state index contributed by atoms with van der Waals surface area (Å²) in [6, 6.07) is 5.75. The zero-order valence-corrected chi connectivity index (χ0v) is 21.1. The zero-order valence-electron chi connectivity index (χ0n) is 21.1. The van der Waals surface area contributed by atoms with Crippen LogP contribution in [0.2, 0.25) is 0 Å². The average molecular weight is 473 g/mol. The minimum atomic E-state index is 0.348. The molecule has 6 rings (SSSR count). The zero-order chi connectivity index (χ0) is 23.9. The third-order valence-electron chi connectivity index (χ3n) is 8.02. The summed E-state index contributed by atoms with van der Waals surface area (Å²) < 4.78 is 7.60. The number of nitrogens with zero attached hydrogens (tertiary/aromatic N) is 4. The van der Waals surface area contributed by atoms with Crippen molar-refractivity contribution in [2.24, 2.45) is 7.05 Å². The molecule has 0 bridgehead atoms. The second kappa shape index (κ2) is 9.36. The molecule has 4 aromatic heterocycles. The van der Waals surface area contributed by atoms with Crippen molar-refractivity contribution in [2.45, 2.75) is 76.3 Å². The lowest BCUT2D eigenvalue weighted by molar-refractivity contribution is 0.0729. The van der Waals surface area contributed by atoms with Gasteiger partial charge in [0, 0.05) is 72.9 Å². The first-order valence-electron chi connectivity index (χ1n) is 13.2. The Kier molecular flexibility index (Phi) is 6.06. The predicted molar refractivity (Wildman–Crippen MR) is 140 cm³/mol. The maximum absolute atomic E-state index is 5.52. The van der Waals surface area contributed by atoms with Gasteiger partial charge in [-0.15, -0.1) is 0 Å². The summed E-state index contributed by atoms with van der Waals surface area (Å²) in [5.41, 5.74) is 7.99. The number of hydrogen-bond donors (Lipinski definition) is 2. The third kappa shape index (κ3) is 4.25. The fourth-order valence-corrected chi connectivity index (χ4v) is 6.17. The molecule has 2 aliphatic rings. The van der Waals surface area contributed by atoms with Crippen LogP contribution in [0.3, 0.4) is 0 Å². The first-order chi connectivity index (χ1) is 17.1. The van der Waals surface area contributed by atoms with Crippen LogP contribution in [0.15, 0.2) is 30.9 Å². The highest BCUT2D eigenvalue weighted by molar-refractivity contribution is 5.98. The van der Waals surface area contributed by atoms with Gasteiger partial charge in [0.25, 0.3) is 0 Å². The highest BCUT2D eigenvalue weighted by Gasteiger charge is 2.27. The van der Waals surface area contributed by atoms with E-state index in [1.165, 1.54) is 36.9 Å². The summed E-state index contributed by atoms with van der Waals surface area (Å²) in [5, 5.41) is 4.97. The SMILES string of the molecule is CC(C)c1c(-c2cn(C)c3ncncc23)[nH]c2ccc(C3CCC(NC4CCOCC4)CC3)nc12. The Hall–Kier alpha value is -2.77. The number of ether oxygens (including phenoxy) is 1. The summed E-state index contributed by atoms with van der Waals surface area (Å²) in [6.07, 6.45) is 12.8. The van der Waals surface area contributed by atoms with Crippen LogP contribution in [-0.2, 0) is 11.8 Å². The second-order valence-corrected chi connectivity index (χ2v) is 10.7. The number of H-pyrrole nitrogens is 1. The van der Waals surface area contributed by atoms with Gasteiger partial charge in [-0.3, -0.25) is 4.98 Å². The lowest BCUT2D eigenvalue weighted by Crippen LogP contribution is -2.43. The van der Waals surface area contributed by atoms with E-state index in [0.29, 0.717) is 23.9 Å². The average Bonchev–Trinajstić information content (AvgIpc) is 3.43. The highest BCUT2D eigenvalue weighted by atomic mass is 16.5. The molecule has 2 fully saturated rings. The van der Waals surface area contributed by atoms with E-state index in [2.05, 4.69) is 57.0 Å². The van der Waals surface area contributed by atoms with Crippen molar-refractivity contribution in [1.82, 2.24) is 29.8 Å². The van der Waals surface area contributed by atoms with Gasteiger partial charge in [0.15, 0.2) is 0 Å². The van der Waals surface area contributed by atoms with Crippen molar-refractivity contribution in [3.8, 4) is 11.3 Å². The van der Waals surface area contributed by atoms with E-state index in [-0.39, 0.29) is 0 Å². The molecule has 0 atom stereocenters. The monoisotopic (exact) mass is 472 g/mol. The molecule has 4 aromatic rings. The van der Waals surface area contributed by atoms with E-state index in [0.717, 1.165) is 59.4 Å². The minimum absolute atomic E-state index is 0.348. The molecule has 0 spiro atoms. The highest BCUT2D eigenvalue weighted by Crippen LogP contribution is 2.39. The molecule has 0 aromatic carbocycles. The lowest BCUT2D eigenvalue weighted by atomic mass is 9.83. The van der Waals surface area contributed by atoms with Crippen molar-refractivity contribution in [3.05, 3.63) is 42.1 Å². The molecule has 1 saturated heterocycles. The lowest BCUT2D eigenvalue weighted by Gasteiger charge is -2.33. The van der Waals surface area contributed by atoms with Crippen LogP contribution in [0.25, 0.3) is 33.3 Å². The molecule has 0 radical (unpaired) electrons. The number of aromatic amines is 1. The molecule has 35 heavy (non-hydrogen) atoms. The number of aromatic nitrogens is 5. The molecule has 1 saturated carbocycles. The van der Waals surface area contributed by atoms with Crippen LogP contribution in [-0.4, -0.2) is 49.8 Å². The summed E-state index contributed by atoms with van der Waals surface area (Å²) in [7, 11) is 2.04. The van der Waals surface area contributed by atoms with Crippen LogP contribution in [0.4, 0.5) is 0 Å². The van der Waals surface area contributed by atoms with E-state index in [4.69, 9.17) is 9.72 Å². The summed E-state index contributed by atoms with van der Waals surface area (Å²) in [4.78, 5) is 17.8. The normalized spacial score (nSPS) is 21.9. The fourth-order valence-electron chi connectivity index (χ4n) is 6.17. The van der Waals surface area contributed by atoms with E-state index in [9.17, 15) is 0 Å². The van der Waals surface area contributed by atoms with Crippen LogP contribution < -0.4 is 5.32 Å². The quantitative estimate of drug-likeness (QED) is 0.405. The molecule has 184 valence electrons. The maximum Gasteiger partial charge on any atom is 0.143 e. The summed E-state index contributed by atoms with van der Waals surface area (Å²) >= 11 is 0. The van der Waals surface area contributed by atoms with Crippen LogP contribution in [0.5, 0.6) is 0 Å². The standard InChI is InChI=1S/C28H36N6O/c1-17(2)25-26(22-15-34(3)28-21(22)14-29-16-30-28)33-24-9-8-23(32-27(24)25)18-4-6-19(7-5-18)31-20-10-12-35-13-11-20/h8-9,14-20,31,33H,4-7,10-13H2,1-3H3. The number of nitrogens with one attached hydrogen (secondary N) is 2. The van der Waals surface area contributed by atoms with Crippen molar-refractivity contribution in [3.63, 3.8) is 0 Å². The van der Waals surface area contributed by atoms with Crippen LogP contribution in [0.1, 0.15) is 75.5 Å². The van der Waals surface area contributed by atoms with Gasteiger partial charge in [-0.05, 0) is 56.6 Å². The Morgan fingerprint density at radius 3 is 2.60 bits per heavy atom. The molecular weight excluding hydrogens is 436 g/mol. The Balaban J connectivity index is 1.28. The summed E-state index contributed by atoms with van der Waals surface area (Å²) in [5.74, 6) is 0.886. The molecular formula is C28H36N6O. The Labute approximate surface area is 206 Å². The Bertz CT molecular complexity index is 1320. The Morgan fingerprint density at radius 2 is 1.83 bits per heavy atom. The van der Waals surface area contributed by atoms with Crippen molar-refractivity contribution < 1.29 is 4.74 Å². The molecule has 5 heterocycles. The molecule has 1 aliphatic carbocycles. The molecule has 1 aliphatic heterocycles. The number of fused-ring (bicyclic) bond motifs is 2. The number of aryl methyl sites for hydroxylation is 1. The smallest absolute Gasteiger partial charge is 0.143 e. The summed E-state index contributed by atoms with van der Waals surface area (Å²) in [6.45, 7) is 6.32. The van der Waals surface area contributed by atoms with Gasteiger partial charge in [-0.1, -0.05) is 13.8 Å². The molecule has 0 unspecified atom stereocenters. The molecule has 7 heteroatoms. The Morgan fingerprint density at radius 1 is 1.06 bits per heavy atom. The van der Waals surface area contributed by atoms with Crippen molar-refractivity contribution in [1.29, 1.82) is 0 Å². The second-order valence-electron chi connectivity index (χ2n) is 10.7. The molecule has 7 nitrogen and oxygen atoms in total. The topological polar surface area (TPSA) is 80.7 Å². The molecule has 2 N–H and O–H groups in total. The largest absolute Gasteiger partial charge is 0.381 e. The van der Waals surface area contributed by atoms with Crippen molar-refractivity contribution in [2.75, 3.05) is 13.2 Å². The maximum atomic E-state index is 5.52. The van der Waals surface area contributed by atoms with Gasteiger partial charge in [0.2, 0.25) is 0 Å². The van der Waals surface area contributed by atoms with Gasteiger partial charge in [-0.2, -0.15) is 0 Å². The number of rotatable bonds is 5. The minimum Gasteiger partial charge on any atom is -0.381 e. The number of hydrogen-bond acceptors (Lipinski definition) is 5. The van der Waals surface area contributed by atoms with Gasteiger partial charge < -0.3 is 19.6 Å². The van der Waals surface area contributed by atoms with Crippen LogP contribution >= 0.6 is 0 Å². The third-order valence-corrected chi connectivity index (χ3v) is 8.02. The van der Waals surface area contributed by atoms with Crippen LogP contribution in [0, 0.1) is 0 Å². The van der Waals surface area contributed by atoms with E-state index in [1.54, 1.807) is 6.33 Å². The van der Waals surface area contributed by atoms with Crippen molar-refractivity contribution >= 4 is 22.1 Å². The first kappa shape index (κ1) is 22.7. The molecule has 0 amide bonds. The van der Waals surface area contributed by atoms with E-state index < -0.39 is 0 Å². The van der Waals surface area contributed by atoms with E-state index in [1.807, 2.05) is 13.2 Å². The van der Waals surface area contributed by atoms with Gasteiger partial charge in [-0.25, -0.2) is 9.97 Å². The fraction of sp³-hybridized carbons (Fsp3) is 0.536. The van der Waals surface area contributed by atoms with Gasteiger partial charge in [0.1, 0.15) is 12.0 Å². The van der Waals surface area contributed by atoms with E-state index >= 15 is 0 Å². The van der Waals surface area contributed by atoms with Gasteiger partial charge >= 0.3 is 0 Å².